The fourth-order valence-corrected chi connectivity index (χ4v) is 1.75. The van der Waals surface area contributed by atoms with E-state index in [9.17, 15) is 0 Å². The summed E-state index contributed by atoms with van der Waals surface area (Å²) in [7, 11) is 0. The highest BCUT2D eigenvalue weighted by atomic mass is 15.1. The van der Waals surface area contributed by atoms with Crippen LogP contribution in [0.2, 0.25) is 0 Å². The van der Waals surface area contributed by atoms with Gasteiger partial charge < -0.3 is 10.6 Å². The van der Waals surface area contributed by atoms with E-state index in [1.165, 1.54) is 25.9 Å². The van der Waals surface area contributed by atoms with Crippen LogP contribution in [0.15, 0.2) is 0 Å². The van der Waals surface area contributed by atoms with Crippen LogP contribution in [0.3, 0.4) is 0 Å². The molecule has 2 heteroatoms. The van der Waals surface area contributed by atoms with E-state index in [2.05, 4.69) is 25.7 Å². The van der Waals surface area contributed by atoms with Crippen LogP contribution in [0.1, 0.15) is 33.6 Å². The van der Waals surface area contributed by atoms with Crippen LogP contribution in [0.4, 0.5) is 0 Å². The summed E-state index contributed by atoms with van der Waals surface area (Å²) in [5.41, 5.74) is 6.04. The van der Waals surface area contributed by atoms with Crippen LogP contribution in [0.5, 0.6) is 0 Å². The van der Waals surface area contributed by atoms with Gasteiger partial charge in [-0.25, -0.2) is 0 Å². The maximum Gasteiger partial charge on any atom is 0.0191 e. The third-order valence-corrected chi connectivity index (χ3v) is 3.20. The minimum atomic E-state index is 0.355. The Bertz CT molecular complexity index is 137. The highest BCUT2D eigenvalue weighted by Gasteiger charge is 2.18. The quantitative estimate of drug-likeness (QED) is 0.723. The molecule has 1 heterocycles. The number of likely N-dealkylation sites (tertiary alicyclic amines) is 1. The van der Waals surface area contributed by atoms with Gasteiger partial charge in [-0.1, -0.05) is 20.8 Å². The predicted molar refractivity (Wildman–Crippen MR) is 57.7 cm³/mol. The van der Waals surface area contributed by atoms with Crippen LogP contribution >= 0.6 is 0 Å². The van der Waals surface area contributed by atoms with Crippen molar-refractivity contribution in [2.45, 2.75) is 39.7 Å². The zero-order valence-corrected chi connectivity index (χ0v) is 9.29. The van der Waals surface area contributed by atoms with Crippen molar-refractivity contribution in [3.63, 3.8) is 0 Å². The number of nitrogens with two attached hydrogens (primary N) is 1. The third-order valence-electron chi connectivity index (χ3n) is 3.20. The summed E-state index contributed by atoms with van der Waals surface area (Å²) in [5, 5.41) is 0. The summed E-state index contributed by atoms with van der Waals surface area (Å²) in [6.07, 6.45) is 2.70. The zero-order chi connectivity index (χ0) is 9.84. The lowest BCUT2D eigenvalue weighted by Gasteiger charge is -2.32. The molecule has 1 atom stereocenters. The van der Waals surface area contributed by atoms with Gasteiger partial charge in [0.15, 0.2) is 0 Å². The first kappa shape index (κ1) is 11.0. The summed E-state index contributed by atoms with van der Waals surface area (Å²) in [5.74, 6) is 1.53. The molecule has 0 bridgehead atoms. The highest BCUT2D eigenvalue weighted by molar-refractivity contribution is 4.75. The molecule has 78 valence electrons. The molecule has 0 saturated carbocycles. The first-order valence-corrected chi connectivity index (χ1v) is 5.57. The Kier molecular flexibility index (Phi) is 4.20. The first-order chi connectivity index (χ1) is 6.09. The molecule has 0 aromatic heterocycles. The summed E-state index contributed by atoms with van der Waals surface area (Å²) >= 11 is 0. The van der Waals surface area contributed by atoms with Gasteiger partial charge >= 0.3 is 0 Å². The van der Waals surface area contributed by atoms with E-state index >= 15 is 0 Å². The maximum absolute atomic E-state index is 6.04. The van der Waals surface area contributed by atoms with Crippen molar-refractivity contribution in [1.82, 2.24) is 4.90 Å². The average molecular weight is 184 g/mol. The minimum Gasteiger partial charge on any atom is -0.326 e. The number of nitrogens with zero attached hydrogens (tertiary/aromatic N) is 1. The van der Waals surface area contributed by atoms with Gasteiger partial charge in [0.2, 0.25) is 0 Å². The standard InChI is InChI=1S/C11H24N2/c1-9(2)11(12)8-13-6-4-10(3)5-7-13/h9-11H,4-8,12H2,1-3H3/t11-/m0/s1. The van der Waals surface area contributed by atoms with Crippen LogP contribution < -0.4 is 5.73 Å². The van der Waals surface area contributed by atoms with Gasteiger partial charge in [-0.15, -0.1) is 0 Å². The van der Waals surface area contributed by atoms with E-state index < -0.39 is 0 Å². The van der Waals surface area contributed by atoms with E-state index in [1.807, 2.05) is 0 Å². The molecule has 0 spiro atoms. The Morgan fingerprint density at radius 3 is 2.31 bits per heavy atom. The normalized spacial score (nSPS) is 23.8. The van der Waals surface area contributed by atoms with Crippen molar-refractivity contribution in [2.24, 2.45) is 17.6 Å². The van der Waals surface area contributed by atoms with Crippen LogP contribution in [0, 0.1) is 11.8 Å². The summed E-state index contributed by atoms with van der Waals surface area (Å²) in [4.78, 5) is 2.52. The number of hydrogen-bond donors (Lipinski definition) is 1. The molecule has 1 aliphatic heterocycles. The molecule has 0 aromatic rings. The number of piperidine rings is 1. The van der Waals surface area contributed by atoms with Gasteiger partial charge in [-0.3, -0.25) is 0 Å². The SMILES string of the molecule is CC1CCN(C[C@H](N)C(C)C)CC1. The van der Waals surface area contributed by atoms with Crippen molar-refractivity contribution >= 4 is 0 Å². The summed E-state index contributed by atoms with van der Waals surface area (Å²) in [6.45, 7) is 10.3. The molecule has 1 rings (SSSR count). The van der Waals surface area contributed by atoms with E-state index in [1.54, 1.807) is 0 Å². The Morgan fingerprint density at radius 2 is 1.85 bits per heavy atom. The Morgan fingerprint density at radius 1 is 1.31 bits per heavy atom. The van der Waals surface area contributed by atoms with Gasteiger partial charge in [0.1, 0.15) is 0 Å². The molecule has 2 nitrogen and oxygen atoms in total. The Labute approximate surface area is 82.5 Å². The zero-order valence-electron chi connectivity index (χ0n) is 9.29. The predicted octanol–water partition coefficient (Wildman–Crippen LogP) is 1.70. The molecule has 2 N–H and O–H groups in total. The monoisotopic (exact) mass is 184 g/mol. The second-order valence-corrected chi connectivity index (χ2v) is 4.89. The molecule has 0 amide bonds. The van der Waals surface area contributed by atoms with Crippen LogP contribution in [-0.2, 0) is 0 Å². The molecular formula is C11H24N2. The lowest BCUT2D eigenvalue weighted by molar-refractivity contribution is 0.173. The molecular weight excluding hydrogens is 160 g/mol. The number of hydrogen-bond acceptors (Lipinski definition) is 2. The molecule has 0 aliphatic carbocycles. The molecule has 0 aromatic carbocycles. The largest absolute Gasteiger partial charge is 0.326 e. The summed E-state index contributed by atoms with van der Waals surface area (Å²) in [6, 6.07) is 0.355. The van der Waals surface area contributed by atoms with Crippen molar-refractivity contribution in [1.29, 1.82) is 0 Å². The molecule has 1 fully saturated rings. The van der Waals surface area contributed by atoms with Gasteiger partial charge in [0.25, 0.3) is 0 Å². The van der Waals surface area contributed by atoms with E-state index in [-0.39, 0.29) is 0 Å². The van der Waals surface area contributed by atoms with Gasteiger partial charge in [0, 0.05) is 12.6 Å². The van der Waals surface area contributed by atoms with Crippen LogP contribution in [-0.4, -0.2) is 30.6 Å². The molecule has 1 aliphatic rings. The van der Waals surface area contributed by atoms with Crippen LogP contribution in [0.25, 0.3) is 0 Å². The highest BCUT2D eigenvalue weighted by Crippen LogP contribution is 2.16. The third kappa shape index (κ3) is 3.65. The van der Waals surface area contributed by atoms with E-state index in [4.69, 9.17) is 5.73 Å². The van der Waals surface area contributed by atoms with Gasteiger partial charge in [-0.05, 0) is 37.8 Å². The van der Waals surface area contributed by atoms with Gasteiger partial charge in [-0.2, -0.15) is 0 Å². The van der Waals surface area contributed by atoms with E-state index in [0.29, 0.717) is 12.0 Å². The van der Waals surface area contributed by atoms with Crippen molar-refractivity contribution in [3.05, 3.63) is 0 Å². The van der Waals surface area contributed by atoms with Crippen molar-refractivity contribution in [3.8, 4) is 0 Å². The van der Waals surface area contributed by atoms with Gasteiger partial charge in [0.05, 0.1) is 0 Å². The first-order valence-electron chi connectivity index (χ1n) is 5.57. The summed E-state index contributed by atoms with van der Waals surface area (Å²) < 4.78 is 0. The molecule has 0 radical (unpaired) electrons. The smallest absolute Gasteiger partial charge is 0.0191 e. The van der Waals surface area contributed by atoms with Crippen molar-refractivity contribution < 1.29 is 0 Å². The topological polar surface area (TPSA) is 29.3 Å². The maximum atomic E-state index is 6.04. The Balaban J connectivity index is 2.22. The number of rotatable bonds is 3. The molecule has 13 heavy (non-hydrogen) atoms. The minimum absolute atomic E-state index is 0.355. The lowest BCUT2D eigenvalue weighted by atomic mass is 9.97. The second kappa shape index (κ2) is 4.97. The fraction of sp³-hybridized carbons (Fsp3) is 1.00. The molecule has 1 saturated heterocycles. The fourth-order valence-electron chi connectivity index (χ4n) is 1.75. The second-order valence-electron chi connectivity index (χ2n) is 4.89. The average Bonchev–Trinajstić information content (AvgIpc) is 2.08. The molecule has 0 unspecified atom stereocenters. The Hall–Kier alpha value is -0.0800. The van der Waals surface area contributed by atoms with Crippen molar-refractivity contribution in [2.75, 3.05) is 19.6 Å². The lowest BCUT2D eigenvalue weighted by Crippen LogP contribution is -2.43. The van der Waals surface area contributed by atoms with E-state index in [0.717, 1.165) is 12.5 Å².